The van der Waals surface area contributed by atoms with E-state index < -0.39 is 18.6 Å². The van der Waals surface area contributed by atoms with E-state index in [1.54, 1.807) is 35.1 Å². The van der Waals surface area contributed by atoms with Crippen LogP contribution in [0.5, 0.6) is 0 Å². The summed E-state index contributed by atoms with van der Waals surface area (Å²) in [4.78, 5) is 19.0. The molecule has 1 amide bonds. The largest absolute Gasteiger partial charge is 0.467 e. The van der Waals surface area contributed by atoms with Gasteiger partial charge in [0.05, 0.1) is 25.0 Å². The van der Waals surface area contributed by atoms with Crippen LogP contribution in [0.15, 0.2) is 59.7 Å². The Kier molecular flexibility index (Phi) is 6.56. The topological polar surface area (TPSA) is 67.4 Å². The molecule has 0 aliphatic carbocycles. The number of benzene rings is 1. The molecule has 7 nitrogen and oxygen atoms in total. The molecule has 0 fully saturated rings. The van der Waals surface area contributed by atoms with E-state index in [0.717, 1.165) is 16.2 Å². The fourth-order valence-corrected chi connectivity index (χ4v) is 2.99. The molecule has 1 atom stereocenters. The van der Waals surface area contributed by atoms with Gasteiger partial charge in [0.25, 0.3) is 0 Å². The second-order valence-corrected chi connectivity index (χ2v) is 6.97. The van der Waals surface area contributed by atoms with Crippen LogP contribution in [0.4, 0.5) is 13.2 Å². The van der Waals surface area contributed by atoms with E-state index in [2.05, 4.69) is 10.1 Å². The number of halogens is 3. The van der Waals surface area contributed by atoms with Crippen LogP contribution in [0, 0.1) is 0 Å². The smallest absolute Gasteiger partial charge is 0.406 e. The van der Waals surface area contributed by atoms with Gasteiger partial charge in [0.15, 0.2) is 0 Å². The summed E-state index contributed by atoms with van der Waals surface area (Å²) in [5, 5.41) is 4.06. The molecule has 0 aliphatic rings. The van der Waals surface area contributed by atoms with E-state index in [0.29, 0.717) is 5.76 Å². The second-order valence-electron chi connectivity index (χ2n) is 6.97. The van der Waals surface area contributed by atoms with Crippen molar-refractivity contribution in [3.05, 3.63) is 66.6 Å². The Morgan fingerprint density at radius 3 is 2.53 bits per heavy atom. The lowest BCUT2D eigenvalue weighted by atomic mass is 10.1. The molecule has 10 heteroatoms. The van der Waals surface area contributed by atoms with Gasteiger partial charge in [-0.1, -0.05) is 12.1 Å². The van der Waals surface area contributed by atoms with Crippen LogP contribution in [-0.4, -0.2) is 56.8 Å². The van der Waals surface area contributed by atoms with Gasteiger partial charge in [-0.3, -0.25) is 9.69 Å². The predicted octanol–water partition coefficient (Wildman–Crippen LogP) is 3.44. The Morgan fingerprint density at radius 1 is 1.23 bits per heavy atom. The van der Waals surface area contributed by atoms with Crippen LogP contribution in [0.3, 0.4) is 0 Å². The van der Waals surface area contributed by atoms with E-state index in [1.165, 1.54) is 12.6 Å². The summed E-state index contributed by atoms with van der Waals surface area (Å²) in [6, 6.07) is 10.4. The lowest BCUT2D eigenvalue weighted by Gasteiger charge is -2.29. The van der Waals surface area contributed by atoms with Crippen LogP contribution in [0.2, 0.25) is 0 Å². The van der Waals surface area contributed by atoms with Gasteiger partial charge in [-0.15, -0.1) is 0 Å². The van der Waals surface area contributed by atoms with Crippen molar-refractivity contribution in [2.75, 3.05) is 20.1 Å². The molecule has 1 unspecified atom stereocenters. The molecule has 0 spiro atoms. The number of alkyl halides is 3. The minimum atomic E-state index is -4.50. The highest BCUT2D eigenvalue weighted by atomic mass is 19.4. The summed E-state index contributed by atoms with van der Waals surface area (Å²) in [5.41, 5.74) is 1.75. The van der Waals surface area contributed by atoms with Crippen molar-refractivity contribution in [2.45, 2.75) is 25.7 Å². The minimum Gasteiger partial charge on any atom is -0.467 e. The summed E-state index contributed by atoms with van der Waals surface area (Å²) >= 11 is 0. The quantitative estimate of drug-likeness (QED) is 0.557. The maximum absolute atomic E-state index is 13.0. The highest BCUT2D eigenvalue weighted by Gasteiger charge is 2.34. The second kappa shape index (κ2) is 9.12. The van der Waals surface area contributed by atoms with E-state index >= 15 is 0 Å². The number of rotatable bonds is 8. The third-order valence-corrected chi connectivity index (χ3v) is 4.75. The minimum absolute atomic E-state index is 0.164. The van der Waals surface area contributed by atoms with Crippen molar-refractivity contribution in [2.24, 2.45) is 0 Å². The summed E-state index contributed by atoms with van der Waals surface area (Å²) in [6.07, 6.45) is -0.116. The van der Waals surface area contributed by atoms with E-state index in [4.69, 9.17) is 4.42 Å². The number of likely N-dealkylation sites (N-methyl/N-ethyl adjacent to an activating group) is 1. The maximum atomic E-state index is 13.0. The number of amides is 1. The SMILES string of the molecule is CC(c1ccc(-n2cncn2)cc1)N(C)CC(=O)N(Cc1ccco1)CC(F)(F)F. The first-order chi connectivity index (χ1) is 14.2. The van der Waals surface area contributed by atoms with Gasteiger partial charge in [0, 0.05) is 6.04 Å². The lowest BCUT2D eigenvalue weighted by molar-refractivity contribution is -0.163. The predicted molar refractivity (Wildman–Crippen MR) is 103 cm³/mol. The van der Waals surface area contributed by atoms with Crippen molar-refractivity contribution < 1.29 is 22.4 Å². The zero-order valence-electron chi connectivity index (χ0n) is 16.6. The first-order valence-corrected chi connectivity index (χ1v) is 9.25. The Hall–Kier alpha value is -3.14. The molecule has 0 radical (unpaired) electrons. The standard InChI is InChI=1S/C20H22F3N5O2/c1-15(16-5-7-17(8-6-16)28-14-24-13-25-28)26(2)11-19(29)27(12-20(21,22)23)10-18-4-3-9-30-18/h3-9,13-15H,10-12H2,1-2H3. The zero-order chi connectivity index (χ0) is 21.7. The first kappa shape index (κ1) is 21.6. The van der Waals surface area contributed by atoms with Crippen LogP contribution < -0.4 is 0 Å². The van der Waals surface area contributed by atoms with Gasteiger partial charge in [-0.2, -0.15) is 18.3 Å². The van der Waals surface area contributed by atoms with Gasteiger partial charge in [-0.25, -0.2) is 9.67 Å². The lowest BCUT2D eigenvalue weighted by Crippen LogP contribution is -2.43. The molecular formula is C20H22F3N5O2. The Balaban J connectivity index is 1.65. The third kappa shape index (κ3) is 5.69. The molecule has 2 aromatic heterocycles. The van der Waals surface area contributed by atoms with Gasteiger partial charge in [0.2, 0.25) is 5.91 Å². The molecule has 0 saturated heterocycles. The Bertz CT molecular complexity index is 925. The Labute approximate surface area is 171 Å². The molecule has 0 aliphatic heterocycles. The van der Waals surface area contributed by atoms with Gasteiger partial charge in [0.1, 0.15) is 25.0 Å². The fourth-order valence-electron chi connectivity index (χ4n) is 2.99. The number of hydrogen-bond donors (Lipinski definition) is 0. The number of carbonyl (C=O) groups excluding carboxylic acids is 1. The van der Waals surface area contributed by atoms with Crippen molar-refractivity contribution >= 4 is 5.91 Å². The zero-order valence-corrected chi connectivity index (χ0v) is 16.6. The summed E-state index contributed by atoms with van der Waals surface area (Å²) in [6.45, 7) is 0.155. The molecule has 0 N–H and O–H groups in total. The van der Waals surface area contributed by atoms with Gasteiger partial charge >= 0.3 is 6.18 Å². The number of carbonyl (C=O) groups is 1. The highest BCUT2D eigenvalue weighted by Crippen LogP contribution is 2.22. The van der Waals surface area contributed by atoms with Crippen LogP contribution >= 0.6 is 0 Å². The third-order valence-electron chi connectivity index (χ3n) is 4.75. The fraction of sp³-hybridized carbons (Fsp3) is 0.350. The monoisotopic (exact) mass is 421 g/mol. The average molecular weight is 421 g/mol. The number of hydrogen-bond acceptors (Lipinski definition) is 5. The summed E-state index contributed by atoms with van der Waals surface area (Å²) < 4.78 is 45.6. The highest BCUT2D eigenvalue weighted by molar-refractivity contribution is 5.78. The van der Waals surface area contributed by atoms with Crippen molar-refractivity contribution in [1.82, 2.24) is 24.6 Å². The summed E-state index contributed by atoms with van der Waals surface area (Å²) in [5.74, 6) is -0.329. The van der Waals surface area contributed by atoms with E-state index in [-0.39, 0.29) is 19.1 Å². The number of nitrogens with zero attached hydrogens (tertiary/aromatic N) is 5. The molecule has 1 aromatic carbocycles. The van der Waals surface area contributed by atoms with Crippen LogP contribution in [0.25, 0.3) is 5.69 Å². The van der Waals surface area contributed by atoms with Crippen molar-refractivity contribution in [1.29, 1.82) is 0 Å². The molecule has 2 heterocycles. The normalized spacial score (nSPS) is 12.9. The van der Waals surface area contributed by atoms with Crippen molar-refractivity contribution in [3.8, 4) is 5.69 Å². The molecule has 3 aromatic rings. The Morgan fingerprint density at radius 2 is 1.97 bits per heavy atom. The molecule has 0 saturated carbocycles. The number of furan rings is 1. The maximum Gasteiger partial charge on any atom is 0.406 e. The molecule has 160 valence electrons. The van der Waals surface area contributed by atoms with Crippen molar-refractivity contribution in [3.63, 3.8) is 0 Å². The molecule has 3 rings (SSSR count). The van der Waals surface area contributed by atoms with Gasteiger partial charge in [-0.05, 0) is 43.8 Å². The first-order valence-electron chi connectivity index (χ1n) is 9.25. The summed E-state index contributed by atoms with van der Waals surface area (Å²) in [7, 11) is 1.70. The average Bonchev–Trinajstić information content (AvgIpc) is 3.40. The number of aromatic nitrogens is 3. The molecule has 30 heavy (non-hydrogen) atoms. The van der Waals surface area contributed by atoms with Gasteiger partial charge < -0.3 is 9.32 Å². The molecule has 0 bridgehead atoms. The van der Waals surface area contributed by atoms with E-state index in [9.17, 15) is 18.0 Å². The van der Waals surface area contributed by atoms with E-state index in [1.807, 2.05) is 31.2 Å². The van der Waals surface area contributed by atoms with Crippen LogP contribution in [0.1, 0.15) is 24.3 Å². The van der Waals surface area contributed by atoms with Crippen LogP contribution in [-0.2, 0) is 11.3 Å². The molecular weight excluding hydrogens is 399 g/mol.